The molecular weight excluding hydrogens is 385 g/mol. The van der Waals surface area contributed by atoms with Gasteiger partial charge in [-0.2, -0.15) is 0 Å². The maximum absolute atomic E-state index is 13.6. The minimum Gasteiger partial charge on any atom is -0.406 e. The molecule has 3 atom stereocenters. The number of halogens is 3. The summed E-state index contributed by atoms with van der Waals surface area (Å²) < 4.78 is 42.1. The van der Waals surface area contributed by atoms with Gasteiger partial charge in [-0.15, -0.1) is 13.2 Å². The first-order chi connectivity index (χ1) is 13.6. The average Bonchev–Trinajstić information content (AvgIpc) is 2.60. The Kier molecular flexibility index (Phi) is 6.43. The van der Waals surface area contributed by atoms with Crippen molar-refractivity contribution in [3.8, 4) is 5.75 Å². The van der Waals surface area contributed by atoms with Crippen molar-refractivity contribution in [3.63, 3.8) is 0 Å². The number of nitrogens with one attached hydrogen (secondary N) is 1. The summed E-state index contributed by atoms with van der Waals surface area (Å²) in [6.07, 6.45) is -1.37. The number of alkyl halides is 3. The van der Waals surface area contributed by atoms with Gasteiger partial charge in [0.1, 0.15) is 5.75 Å². The molecule has 0 spiro atoms. The Bertz CT molecular complexity index is 709. The van der Waals surface area contributed by atoms with E-state index >= 15 is 0 Å². The van der Waals surface area contributed by atoms with Gasteiger partial charge in [0, 0.05) is 25.2 Å². The van der Waals surface area contributed by atoms with Crippen LogP contribution < -0.4 is 10.1 Å². The van der Waals surface area contributed by atoms with E-state index in [4.69, 9.17) is 0 Å². The normalized spacial score (nSPS) is 26.1. The maximum Gasteiger partial charge on any atom is 0.573 e. The highest BCUT2D eigenvalue weighted by molar-refractivity contribution is 5.85. The lowest BCUT2D eigenvalue weighted by Crippen LogP contribution is -2.58. The van der Waals surface area contributed by atoms with E-state index in [1.807, 2.05) is 13.8 Å². The number of rotatable bonds is 4. The van der Waals surface area contributed by atoms with E-state index in [0.717, 1.165) is 19.3 Å². The van der Waals surface area contributed by atoms with Crippen molar-refractivity contribution >= 4 is 5.91 Å². The molecule has 1 saturated heterocycles. The van der Waals surface area contributed by atoms with Crippen molar-refractivity contribution in [2.45, 2.75) is 75.9 Å². The van der Waals surface area contributed by atoms with Crippen LogP contribution in [0, 0.1) is 0 Å². The molecule has 3 rings (SSSR count). The molecule has 0 bridgehead atoms. The van der Waals surface area contributed by atoms with Crippen LogP contribution in [0.25, 0.3) is 0 Å². The molecule has 1 aliphatic heterocycles. The van der Waals surface area contributed by atoms with Crippen LogP contribution in [0.1, 0.15) is 57.4 Å². The molecule has 1 amide bonds. The van der Waals surface area contributed by atoms with E-state index in [9.17, 15) is 23.1 Å². The van der Waals surface area contributed by atoms with Crippen LogP contribution in [0.2, 0.25) is 0 Å². The van der Waals surface area contributed by atoms with Crippen LogP contribution in [0.5, 0.6) is 5.75 Å². The fraction of sp³-hybridized carbons (Fsp3) is 0.667. The number of hydrogen-bond acceptors (Lipinski definition) is 4. The number of carbonyl (C=O) groups is 1. The molecule has 8 heteroatoms. The molecule has 29 heavy (non-hydrogen) atoms. The zero-order valence-corrected chi connectivity index (χ0v) is 16.8. The van der Waals surface area contributed by atoms with Crippen molar-refractivity contribution in [3.05, 3.63) is 29.8 Å². The summed E-state index contributed by atoms with van der Waals surface area (Å²) >= 11 is 0. The summed E-state index contributed by atoms with van der Waals surface area (Å²) in [5, 5.41) is 14.8. The molecule has 1 saturated carbocycles. The van der Waals surface area contributed by atoms with Crippen molar-refractivity contribution in [2.24, 2.45) is 0 Å². The first kappa shape index (κ1) is 21.9. The van der Waals surface area contributed by atoms with E-state index in [-0.39, 0.29) is 23.7 Å². The molecule has 2 fully saturated rings. The Labute approximate surface area is 169 Å². The van der Waals surface area contributed by atoms with Crippen LogP contribution in [0.15, 0.2) is 24.3 Å². The van der Waals surface area contributed by atoms with Crippen molar-refractivity contribution in [2.75, 3.05) is 13.1 Å². The third-order valence-electron chi connectivity index (χ3n) is 5.80. The predicted molar refractivity (Wildman–Crippen MR) is 103 cm³/mol. The van der Waals surface area contributed by atoms with Crippen molar-refractivity contribution in [1.29, 1.82) is 0 Å². The van der Waals surface area contributed by atoms with E-state index in [1.165, 1.54) is 18.2 Å². The highest BCUT2D eigenvalue weighted by Crippen LogP contribution is 2.42. The van der Waals surface area contributed by atoms with E-state index < -0.39 is 17.9 Å². The predicted octanol–water partition coefficient (Wildman–Crippen LogP) is 3.57. The van der Waals surface area contributed by atoms with Gasteiger partial charge in [0.25, 0.3) is 0 Å². The Morgan fingerprint density at radius 2 is 1.83 bits per heavy atom. The van der Waals surface area contributed by atoms with Crippen LogP contribution >= 0.6 is 0 Å². The second-order valence-corrected chi connectivity index (χ2v) is 8.43. The third-order valence-corrected chi connectivity index (χ3v) is 5.80. The standard InChI is InChI=1S/C21H29F3N2O3/c1-14-12-26(13-15(2)25-14)19(27)18(20(28)9-4-3-5-10-20)16-7-6-8-17(11-16)29-21(22,23)24/h6-8,11,14-15,18,25,28H,3-5,9-10,12-13H2,1-2H3/t14-,15+,18?. The molecule has 1 aliphatic carbocycles. The van der Waals surface area contributed by atoms with Gasteiger partial charge < -0.3 is 20.1 Å². The third kappa shape index (κ3) is 5.42. The number of piperazine rings is 1. The first-order valence-corrected chi connectivity index (χ1v) is 10.2. The molecule has 1 aromatic rings. The van der Waals surface area contributed by atoms with Crippen LogP contribution in [0.3, 0.4) is 0 Å². The number of carbonyl (C=O) groups excluding carboxylic acids is 1. The molecule has 5 nitrogen and oxygen atoms in total. The van der Waals surface area contributed by atoms with Gasteiger partial charge in [0.15, 0.2) is 0 Å². The lowest BCUT2D eigenvalue weighted by Gasteiger charge is -2.43. The van der Waals surface area contributed by atoms with Gasteiger partial charge in [-0.1, -0.05) is 31.4 Å². The highest BCUT2D eigenvalue weighted by Gasteiger charge is 2.45. The lowest BCUT2D eigenvalue weighted by molar-refractivity contribution is -0.274. The zero-order chi connectivity index (χ0) is 21.2. The molecule has 0 radical (unpaired) electrons. The fourth-order valence-electron chi connectivity index (χ4n) is 4.72. The van der Waals surface area contributed by atoms with Gasteiger partial charge in [0.2, 0.25) is 5.91 Å². The van der Waals surface area contributed by atoms with Crippen molar-refractivity contribution in [1.82, 2.24) is 10.2 Å². The second-order valence-electron chi connectivity index (χ2n) is 8.43. The topological polar surface area (TPSA) is 61.8 Å². The van der Waals surface area contributed by atoms with E-state index in [0.29, 0.717) is 31.5 Å². The number of amides is 1. The van der Waals surface area contributed by atoms with Gasteiger partial charge in [-0.05, 0) is 44.4 Å². The van der Waals surface area contributed by atoms with Crippen molar-refractivity contribution < 1.29 is 27.8 Å². The number of hydrogen-bond donors (Lipinski definition) is 2. The smallest absolute Gasteiger partial charge is 0.406 e. The molecule has 2 N–H and O–H groups in total. The Balaban J connectivity index is 1.95. The Morgan fingerprint density at radius 1 is 1.21 bits per heavy atom. The monoisotopic (exact) mass is 414 g/mol. The van der Waals surface area contributed by atoms with Crippen LogP contribution in [-0.4, -0.2) is 53.1 Å². The van der Waals surface area contributed by atoms with Gasteiger partial charge in [-0.3, -0.25) is 4.79 Å². The number of nitrogens with zero attached hydrogens (tertiary/aromatic N) is 1. The second kappa shape index (κ2) is 8.52. The molecule has 1 unspecified atom stereocenters. The van der Waals surface area contributed by atoms with E-state index in [1.54, 1.807) is 11.0 Å². The molecule has 2 aliphatic rings. The quantitative estimate of drug-likeness (QED) is 0.791. The zero-order valence-electron chi connectivity index (χ0n) is 16.8. The minimum absolute atomic E-state index is 0.101. The molecular formula is C21H29F3N2O3. The Hall–Kier alpha value is -1.80. The fourth-order valence-corrected chi connectivity index (χ4v) is 4.72. The first-order valence-electron chi connectivity index (χ1n) is 10.2. The molecule has 162 valence electrons. The van der Waals surface area contributed by atoms with Gasteiger partial charge >= 0.3 is 6.36 Å². The van der Waals surface area contributed by atoms with E-state index in [2.05, 4.69) is 10.1 Å². The summed E-state index contributed by atoms with van der Waals surface area (Å²) in [4.78, 5) is 15.3. The summed E-state index contributed by atoms with van der Waals surface area (Å²) in [6.45, 7) is 4.96. The largest absolute Gasteiger partial charge is 0.573 e. The summed E-state index contributed by atoms with van der Waals surface area (Å²) in [6, 6.07) is 5.68. The van der Waals surface area contributed by atoms with Crippen LogP contribution in [0.4, 0.5) is 13.2 Å². The minimum atomic E-state index is -4.82. The highest BCUT2D eigenvalue weighted by atomic mass is 19.4. The van der Waals surface area contributed by atoms with Crippen LogP contribution in [-0.2, 0) is 4.79 Å². The summed E-state index contributed by atoms with van der Waals surface area (Å²) in [5.74, 6) is -1.54. The summed E-state index contributed by atoms with van der Waals surface area (Å²) in [7, 11) is 0. The average molecular weight is 414 g/mol. The maximum atomic E-state index is 13.6. The lowest BCUT2D eigenvalue weighted by atomic mass is 9.72. The van der Waals surface area contributed by atoms with Gasteiger partial charge in [0.05, 0.1) is 11.5 Å². The number of aliphatic hydroxyl groups is 1. The van der Waals surface area contributed by atoms with Gasteiger partial charge in [-0.25, -0.2) is 0 Å². The summed E-state index contributed by atoms with van der Waals surface area (Å²) in [5.41, 5.74) is -0.913. The molecule has 1 heterocycles. The molecule has 1 aromatic carbocycles. The molecule has 0 aromatic heterocycles. The number of benzene rings is 1. The SMILES string of the molecule is C[C@@H]1CN(C(=O)C(c2cccc(OC(F)(F)F)c2)C2(O)CCCCC2)C[C@H](C)N1. The number of ether oxygens (including phenoxy) is 1. The Morgan fingerprint density at radius 3 is 2.41 bits per heavy atom.